The van der Waals surface area contributed by atoms with Crippen LogP contribution in [-0.4, -0.2) is 14.1 Å². The van der Waals surface area contributed by atoms with Crippen LogP contribution in [0, 0.1) is 0 Å². The Hall–Kier alpha value is -4.90. The molecular weight excluding hydrogens is 597 g/mol. The van der Waals surface area contributed by atoms with E-state index < -0.39 is 0 Å². The second-order valence-electron chi connectivity index (χ2n) is 11.6. The van der Waals surface area contributed by atoms with Gasteiger partial charge in [-0.3, -0.25) is 0 Å². The van der Waals surface area contributed by atoms with Crippen molar-refractivity contribution >= 4 is 70.6 Å². The lowest BCUT2D eigenvalue weighted by molar-refractivity contribution is 1.11. The molecule has 2 aliphatic heterocycles. The van der Waals surface area contributed by atoms with E-state index in [0.717, 1.165) is 0 Å². The summed E-state index contributed by atoms with van der Waals surface area (Å²) in [6.07, 6.45) is 8.80. The van der Waals surface area contributed by atoms with Crippen molar-refractivity contribution in [2.75, 3.05) is 23.9 Å². The number of benzene rings is 6. The van der Waals surface area contributed by atoms with Gasteiger partial charge < -0.3 is 9.80 Å². The summed E-state index contributed by atoms with van der Waals surface area (Å²) in [5.41, 5.74) is 12.3. The van der Waals surface area contributed by atoms with E-state index in [4.69, 9.17) is 0 Å². The van der Waals surface area contributed by atoms with Gasteiger partial charge in [0, 0.05) is 33.7 Å². The van der Waals surface area contributed by atoms with Gasteiger partial charge >= 0.3 is 0 Å². The van der Waals surface area contributed by atoms with Crippen LogP contribution in [0.3, 0.4) is 0 Å². The first-order valence-electron chi connectivity index (χ1n) is 15.5. The predicted octanol–water partition coefficient (Wildman–Crippen LogP) is 12.2. The Bertz CT molecular complexity index is 1970. The molecule has 0 amide bonds. The molecule has 6 aromatic carbocycles. The van der Waals surface area contributed by atoms with E-state index in [9.17, 15) is 0 Å². The molecule has 222 valence electrons. The van der Waals surface area contributed by atoms with Crippen LogP contribution >= 0.6 is 23.5 Å². The molecule has 0 atom stereocenters. The SMILES string of the molecule is CN1c2ccccc2Sc2cc(/C=C/c3ccc(-c4ccc(/C=C/c5ccc6c(c5)Sc5ccccc5N6C)cc4)cc3)ccc21. The summed E-state index contributed by atoms with van der Waals surface area (Å²) in [6, 6.07) is 48.2. The maximum absolute atomic E-state index is 2.29. The van der Waals surface area contributed by atoms with E-state index >= 15 is 0 Å². The molecule has 0 unspecified atom stereocenters. The van der Waals surface area contributed by atoms with Gasteiger partial charge in [-0.15, -0.1) is 0 Å². The normalized spacial score (nSPS) is 13.4. The summed E-state index contributed by atoms with van der Waals surface area (Å²) >= 11 is 3.69. The highest BCUT2D eigenvalue weighted by atomic mass is 32.2. The second-order valence-corrected chi connectivity index (χ2v) is 13.8. The lowest BCUT2D eigenvalue weighted by Gasteiger charge is -2.29. The monoisotopic (exact) mass is 628 g/mol. The maximum atomic E-state index is 2.29. The van der Waals surface area contributed by atoms with Crippen molar-refractivity contribution in [1.82, 2.24) is 0 Å². The molecule has 2 nitrogen and oxygen atoms in total. The number of hydrogen-bond donors (Lipinski definition) is 0. The fourth-order valence-electron chi connectivity index (χ4n) is 6.08. The third-order valence-corrected chi connectivity index (χ3v) is 10.9. The minimum Gasteiger partial charge on any atom is -0.343 e. The summed E-state index contributed by atoms with van der Waals surface area (Å²) in [6.45, 7) is 0. The van der Waals surface area contributed by atoms with Gasteiger partial charge in [-0.05, 0) is 81.9 Å². The fraction of sp³-hybridized carbons (Fsp3) is 0.0476. The number of nitrogens with zero attached hydrogens (tertiary/aromatic N) is 2. The van der Waals surface area contributed by atoms with Crippen molar-refractivity contribution in [3.8, 4) is 11.1 Å². The molecule has 8 rings (SSSR count). The Morgan fingerprint density at radius 1 is 0.370 bits per heavy atom. The molecule has 2 aliphatic rings. The largest absolute Gasteiger partial charge is 0.343 e. The average molecular weight is 629 g/mol. The molecule has 2 heterocycles. The average Bonchev–Trinajstić information content (AvgIpc) is 3.10. The molecule has 0 aromatic heterocycles. The van der Waals surface area contributed by atoms with Gasteiger partial charge in [0.15, 0.2) is 0 Å². The standard InChI is InChI=1S/C42H32N2S2/c1-43-35-7-3-5-9-39(35)45-41-27-31(19-25-37(41)43)13-11-29-15-21-33(22-16-29)34-23-17-30(18-24-34)12-14-32-20-26-38-42(28-32)46-40-10-6-4-8-36(40)44(38)2/h3-28H,1-2H3/b13-11+,14-12+. The molecule has 46 heavy (non-hydrogen) atoms. The maximum Gasteiger partial charge on any atom is 0.0550 e. The zero-order valence-corrected chi connectivity index (χ0v) is 27.4. The number of fused-ring (bicyclic) bond motifs is 4. The van der Waals surface area contributed by atoms with Crippen LogP contribution in [0.4, 0.5) is 22.7 Å². The molecule has 0 bridgehead atoms. The molecule has 0 N–H and O–H groups in total. The van der Waals surface area contributed by atoms with Gasteiger partial charge in [0.1, 0.15) is 0 Å². The third-order valence-electron chi connectivity index (χ3n) is 8.67. The summed E-state index contributed by atoms with van der Waals surface area (Å²) in [5.74, 6) is 0. The van der Waals surface area contributed by atoms with Crippen molar-refractivity contribution in [2.24, 2.45) is 0 Å². The van der Waals surface area contributed by atoms with Gasteiger partial charge in [-0.25, -0.2) is 0 Å². The van der Waals surface area contributed by atoms with Crippen LogP contribution in [-0.2, 0) is 0 Å². The zero-order chi connectivity index (χ0) is 31.0. The van der Waals surface area contributed by atoms with E-state index in [1.165, 1.54) is 75.7 Å². The molecule has 0 fully saturated rings. The van der Waals surface area contributed by atoms with E-state index in [2.05, 4.69) is 182 Å². The van der Waals surface area contributed by atoms with E-state index in [1.807, 2.05) is 23.5 Å². The Balaban J connectivity index is 0.925. The lowest BCUT2D eigenvalue weighted by atomic mass is 10.0. The number of anilines is 4. The topological polar surface area (TPSA) is 6.48 Å². The van der Waals surface area contributed by atoms with Gasteiger partial charge in [-0.2, -0.15) is 0 Å². The Morgan fingerprint density at radius 3 is 1.15 bits per heavy atom. The molecule has 4 heteroatoms. The zero-order valence-electron chi connectivity index (χ0n) is 25.7. The Kier molecular flexibility index (Phi) is 7.53. The summed E-state index contributed by atoms with van der Waals surface area (Å²) in [4.78, 5) is 9.74. The summed E-state index contributed by atoms with van der Waals surface area (Å²) in [5, 5.41) is 0. The lowest BCUT2D eigenvalue weighted by Crippen LogP contribution is -2.14. The fourth-order valence-corrected chi connectivity index (χ4v) is 8.48. The predicted molar refractivity (Wildman–Crippen MR) is 200 cm³/mol. The van der Waals surface area contributed by atoms with E-state index in [0.29, 0.717) is 0 Å². The van der Waals surface area contributed by atoms with Crippen LogP contribution in [0.5, 0.6) is 0 Å². The van der Waals surface area contributed by atoms with Gasteiger partial charge in [0.25, 0.3) is 0 Å². The first-order valence-corrected chi connectivity index (χ1v) is 17.1. The van der Waals surface area contributed by atoms with Crippen LogP contribution in [0.2, 0.25) is 0 Å². The molecule has 0 aliphatic carbocycles. The first-order chi connectivity index (χ1) is 22.6. The third kappa shape index (κ3) is 5.55. The van der Waals surface area contributed by atoms with Gasteiger partial charge in [-0.1, -0.05) is 133 Å². The molecule has 0 saturated heterocycles. The minimum absolute atomic E-state index is 1.19. The minimum atomic E-state index is 1.19. The van der Waals surface area contributed by atoms with E-state index in [1.54, 1.807) is 0 Å². The quantitative estimate of drug-likeness (QED) is 0.175. The van der Waals surface area contributed by atoms with Crippen molar-refractivity contribution in [2.45, 2.75) is 19.6 Å². The van der Waals surface area contributed by atoms with Crippen LogP contribution in [0.15, 0.2) is 153 Å². The summed E-state index contributed by atoms with van der Waals surface area (Å²) < 4.78 is 0. The van der Waals surface area contributed by atoms with Gasteiger partial charge in [0.05, 0.1) is 22.7 Å². The van der Waals surface area contributed by atoms with Crippen molar-refractivity contribution in [1.29, 1.82) is 0 Å². The molecular formula is C42H32N2S2. The van der Waals surface area contributed by atoms with Crippen molar-refractivity contribution in [3.63, 3.8) is 0 Å². The number of hydrogen-bond acceptors (Lipinski definition) is 4. The van der Waals surface area contributed by atoms with Crippen molar-refractivity contribution < 1.29 is 0 Å². The van der Waals surface area contributed by atoms with E-state index in [-0.39, 0.29) is 0 Å². The smallest absolute Gasteiger partial charge is 0.0550 e. The van der Waals surface area contributed by atoms with Crippen LogP contribution < -0.4 is 9.80 Å². The molecule has 6 aromatic rings. The van der Waals surface area contributed by atoms with Crippen LogP contribution in [0.1, 0.15) is 22.3 Å². The first kappa shape index (κ1) is 28.6. The molecule has 0 spiro atoms. The summed E-state index contributed by atoms with van der Waals surface area (Å²) in [7, 11) is 4.29. The van der Waals surface area contributed by atoms with Crippen molar-refractivity contribution in [3.05, 3.63) is 156 Å². The molecule has 0 saturated carbocycles. The Labute approximate surface area is 279 Å². The molecule has 0 radical (unpaired) electrons. The Morgan fingerprint density at radius 2 is 0.717 bits per heavy atom. The van der Waals surface area contributed by atoms with Gasteiger partial charge in [0.2, 0.25) is 0 Å². The highest BCUT2D eigenvalue weighted by molar-refractivity contribution is 8.00. The highest BCUT2D eigenvalue weighted by Crippen LogP contribution is 2.48. The number of para-hydroxylation sites is 2. The second kappa shape index (κ2) is 12.1. The highest BCUT2D eigenvalue weighted by Gasteiger charge is 2.21. The number of rotatable bonds is 5. The van der Waals surface area contributed by atoms with Crippen LogP contribution in [0.25, 0.3) is 35.4 Å².